The molecule has 6 nitrogen and oxygen atoms in total. The molecule has 2 heterocycles. The molecule has 0 radical (unpaired) electrons. The number of fused-ring (bicyclic) bond motifs is 1. The number of thiophene rings is 1. The first kappa shape index (κ1) is 10.6. The predicted octanol–water partition coefficient (Wildman–Crippen LogP) is 0.226. The SMILES string of the molecule is O=C(O)CCn1c(=O)[nH]c2ccsc2c1=O. The minimum absolute atomic E-state index is 0.114. The zero-order valence-electron chi connectivity index (χ0n) is 8.10. The molecular weight excluding hydrogens is 232 g/mol. The van der Waals surface area contributed by atoms with Gasteiger partial charge in [-0.15, -0.1) is 11.3 Å². The van der Waals surface area contributed by atoms with Crippen molar-refractivity contribution >= 4 is 27.5 Å². The Kier molecular flexibility index (Phi) is 2.61. The van der Waals surface area contributed by atoms with Gasteiger partial charge in [-0.2, -0.15) is 0 Å². The number of carboxylic acids is 1. The Bertz CT molecular complexity index is 651. The van der Waals surface area contributed by atoms with Crippen molar-refractivity contribution in [3.8, 4) is 0 Å². The molecule has 0 spiro atoms. The van der Waals surface area contributed by atoms with Crippen molar-refractivity contribution in [3.63, 3.8) is 0 Å². The van der Waals surface area contributed by atoms with Crippen molar-refractivity contribution in [3.05, 3.63) is 32.3 Å². The summed E-state index contributed by atoms with van der Waals surface area (Å²) in [5.74, 6) is -1.04. The van der Waals surface area contributed by atoms with Crippen molar-refractivity contribution in [2.24, 2.45) is 0 Å². The first-order valence-corrected chi connectivity index (χ1v) is 5.39. The molecule has 0 aliphatic carbocycles. The molecule has 0 fully saturated rings. The zero-order valence-corrected chi connectivity index (χ0v) is 8.91. The summed E-state index contributed by atoms with van der Waals surface area (Å²) < 4.78 is 1.34. The topological polar surface area (TPSA) is 92.2 Å². The fraction of sp³-hybridized carbons (Fsp3) is 0.222. The number of rotatable bonds is 3. The van der Waals surface area contributed by atoms with E-state index < -0.39 is 17.2 Å². The number of nitrogens with one attached hydrogen (secondary N) is 1. The van der Waals surface area contributed by atoms with E-state index in [0.29, 0.717) is 10.2 Å². The molecule has 0 aliphatic rings. The molecule has 0 amide bonds. The van der Waals surface area contributed by atoms with E-state index in [1.807, 2.05) is 0 Å². The number of carbonyl (C=O) groups is 1. The first-order valence-electron chi connectivity index (χ1n) is 4.51. The molecule has 0 aromatic carbocycles. The van der Waals surface area contributed by atoms with E-state index in [2.05, 4.69) is 4.98 Å². The molecule has 84 valence electrons. The second-order valence-electron chi connectivity index (χ2n) is 3.19. The summed E-state index contributed by atoms with van der Waals surface area (Å²) >= 11 is 1.22. The predicted molar refractivity (Wildman–Crippen MR) is 59.0 cm³/mol. The fourth-order valence-corrected chi connectivity index (χ4v) is 2.18. The third-order valence-corrected chi connectivity index (χ3v) is 3.04. The van der Waals surface area contributed by atoms with Crippen LogP contribution in [-0.4, -0.2) is 20.6 Å². The van der Waals surface area contributed by atoms with E-state index in [-0.39, 0.29) is 13.0 Å². The van der Waals surface area contributed by atoms with Gasteiger partial charge in [0, 0.05) is 6.54 Å². The molecule has 0 atom stereocenters. The average Bonchev–Trinajstić information content (AvgIpc) is 2.64. The summed E-state index contributed by atoms with van der Waals surface area (Å²) in [7, 11) is 0. The number of carboxylic acid groups (broad SMARTS) is 1. The fourth-order valence-electron chi connectivity index (χ4n) is 1.38. The molecule has 2 aromatic heterocycles. The molecule has 0 bridgehead atoms. The van der Waals surface area contributed by atoms with Crippen LogP contribution in [0.5, 0.6) is 0 Å². The number of hydrogen-bond donors (Lipinski definition) is 2. The molecular formula is C9H8N2O4S. The van der Waals surface area contributed by atoms with E-state index in [1.165, 1.54) is 11.3 Å². The molecule has 16 heavy (non-hydrogen) atoms. The number of hydrogen-bond acceptors (Lipinski definition) is 4. The molecule has 0 saturated carbocycles. The van der Waals surface area contributed by atoms with Crippen molar-refractivity contribution in [2.45, 2.75) is 13.0 Å². The first-order chi connectivity index (χ1) is 7.59. The largest absolute Gasteiger partial charge is 0.481 e. The van der Waals surface area contributed by atoms with Gasteiger partial charge in [0.15, 0.2) is 0 Å². The van der Waals surface area contributed by atoms with Gasteiger partial charge in [0.05, 0.1) is 11.9 Å². The second-order valence-corrected chi connectivity index (χ2v) is 4.11. The zero-order chi connectivity index (χ0) is 11.7. The van der Waals surface area contributed by atoms with E-state index in [1.54, 1.807) is 11.4 Å². The highest BCUT2D eigenvalue weighted by Crippen LogP contribution is 2.11. The van der Waals surface area contributed by atoms with Gasteiger partial charge in [-0.1, -0.05) is 0 Å². The van der Waals surface area contributed by atoms with Crippen LogP contribution in [0.4, 0.5) is 0 Å². The van der Waals surface area contributed by atoms with Gasteiger partial charge in [-0.05, 0) is 11.4 Å². The van der Waals surface area contributed by atoms with E-state index in [0.717, 1.165) is 4.57 Å². The highest BCUT2D eigenvalue weighted by atomic mass is 32.1. The van der Waals surface area contributed by atoms with Gasteiger partial charge in [-0.3, -0.25) is 14.2 Å². The summed E-state index contributed by atoms with van der Waals surface area (Å²) in [6, 6.07) is 1.64. The van der Waals surface area contributed by atoms with E-state index >= 15 is 0 Å². The lowest BCUT2D eigenvalue weighted by molar-refractivity contribution is -0.137. The number of aliphatic carboxylic acids is 1. The van der Waals surface area contributed by atoms with Crippen LogP contribution in [0.25, 0.3) is 10.2 Å². The third kappa shape index (κ3) is 1.76. The van der Waals surface area contributed by atoms with Crippen LogP contribution in [0, 0.1) is 0 Å². The average molecular weight is 240 g/mol. The molecule has 2 N–H and O–H groups in total. The Morgan fingerprint density at radius 1 is 1.50 bits per heavy atom. The Morgan fingerprint density at radius 3 is 2.94 bits per heavy atom. The molecule has 0 unspecified atom stereocenters. The monoisotopic (exact) mass is 240 g/mol. The molecule has 0 saturated heterocycles. The van der Waals surface area contributed by atoms with Crippen LogP contribution in [0.3, 0.4) is 0 Å². The highest BCUT2D eigenvalue weighted by Gasteiger charge is 2.09. The van der Waals surface area contributed by atoms with Gasteiger partial charge in [-0.25, -0.2) is 4.79 Å². The number of aromatic amines is 1. The van der Waals surface area contributed by atoms with Crippen molar-refractivity contribution in [2.75, 3.05) is 0 Å². The lowest BCUT2D eigenvalue weighted by atomic mass is 10.4. The maximum atomic E-state index is 11.8. The smallest absolute Gasteiger partial charge is 0.328 e. The van der Waals surface area contributed by atoms with Gasteiger partial charge in [0.25, 0.3) is 5.56 Å². The van der Waals surface area contributed by atoms with Crippen LogP contribution in [-0.2, 0) is 11.3 Å². The molecule has 2 aromatic rings. The summed E-state index contributed by atoms with van der Waals surface area (Å²) in [4.78, 5) is 36.2. The number of nitrogens with zero attached hydrogens (tertiary/aromatic N) is 1. The van der Waals surface area contributed by atoms with Crippen LogP contribution in [0.1, 0.15) is 6.42 Å². The highest BCUT2D eigenvalue weighted by molar-refractivity contribution is 7.17. The maximum absolute atomic E-state index is 11.8. The Hall–Kier alpha value is -1.89. The quantitative estimate of drug-likeness (QED) is 0.803. The molecule has 0 aliphatic heterocycles. The maximum Gasteiger partial charge on any atom is 0.328 e. The Balaban J connectivity index is 2.56. The summed E-state index contributed by atoms with van der Waals surface area (Å²) in [5.41, 5.74) is -0.515. The van der Waals surface area contributed by atoms with Crippen LogP contribution >= 0.6 is 11.3 Å². The number of aromatic nitrogens is 2. The lowest BCUT2D eigenvalue weighted by Gasteiger charge is -2.01. The third-order valence-electron chi connectivity index (χ3n) is 2.14. The Labute approximate surface area is 92.8 Å². The molecule has 7 heteroatoms. The van der Waals surface area contributed by atoms with Crippen molar-refractivity contribution in [1.82, 2.24) is 9.55 Å². The van der Waals surface area contributed by atoms with Gasteiger partial charge >= 0.3 is 11.7 Å². The minimum Gasteiger partial charge on any atom is -0.481 e. The minimum atomic E-state index is -1.04. The van der Waals surface area contributed by atoms with Gasteiger partial charge in [0.1, 0.15) is 4.70 Å². The lowest BCUT2D eigenvalue weighted by Crippen LogP contribution is -2.35. The van der Waals surface area contributed by atoms with Crippen LogP contribution < -0.4 is 11.2 Å². The summed E-state index contributed by atoms with van der Waals surface area (Å²) in [6.45, 7) is -0.114. The van der Waals surface area contributed by atoms with Crippen LogP contribution in [0.2, 0.25) is 0 Å². The second kappa shape index (κ2) is 3.93. The standard InChI is InChI=1S/C9H8N2O4S/c12-6(13)1-3-11-8(14)7-5(2-4-16-7)10-9(11)15/h2,4H,1,3H2,(H,10,15)(H,12,13). The summed E-state index contributed by atoms with van der Waals surface area (Å²) in [6.07, 6.45) is -0.250. The summed E-state index contributed by atoms with van der Waals surface area (Å²) in [5, 5.41) is 10.2. The van der Waals surface area contributed by atoms with Gasteiger partial charge < -0.3 is 10.1 Å². The van der Waals surface area contributed by atoms with Crippen LogP contribution in [0.15, 0.2) is 21.0 Å². The van der Waals surface area contributed by atoms with Gasteiger partial charge in [0.2, 0.25) is 0 Å². The van der Waals surface area contributed by atoms with Crippen molar-refractivity contribution < 1.29 is 9.90 Å². The Morgan fingerprint density at radius 2 is 2.25 bits per heavy atom. The molecule has 2 rings (SSSR count). The van der Waals surface area contributed by atoms with E-state index in [9.17, 15) is 14.4 Å². The van der Waals surface area contributed by atoms with Crippen molar-refractivity contribution in [1.29, 1.82) is 0 Å². The normalized spacial score (nSPS) is 10.8. The number of H-pyrrole nitrogens is 1. The van der Waals surface area contributed by atoms with E-state index in [4.69, 9.17) is 5.11 Å².